The Bertz CT molecular complexity index is 980. The van der Waals surface area contributed by atoms with Crippen molar-refractivity contribution in [2.75, 3.05) is 18.4 Å². The molecular formula is C22H27FN2O3S. The van der Waals surface area contributed by atoms with Crippen molar-refractivity contribution in [3.8, 4) is 0 Å². The van der Waals surface area contributed by atoms with E-state index in [0.717, 1.165) is 30.5 Å². The van der Waals surface area contributed by atoms with Crippen LogP contribution in [0.2, 0.25) is 0 Å². The summed E-state index contributed by atoms with van der Waals surface area (Å²) in [5.41, 5.74) is 1.36. The van der Waals surface area contributed by atoms with Gasteiger partial charge in [0.1, 0.15) is 5.82 Å². The summed E-state index contributed by atoms with van der Waals surface area (Å²) in [6, 6.07) is 10.6. The Morgan fingerprint density at radius 3 is 2.31 bits per heavy atom. The highest BCUT2D eigenvalue weighted by Gasteiger charge is 2.32. The van der Waals surface area contributed by atoms with E-state index in [2.05, 4.69) is 5.32 Å². The molecular weight excluding hydrogens is 391 g/mol. The Hall–Kier alpha value is -2.25. The molecule has 1 aliphatic heterocycles. The van der Waals surface area contributed by atoms with E-state index in [1.54, 1.807) is 12.1 Å². The van der Waals surface area contributed by atoms with Crippen molar-refractivity contribution in [3.05, 3.63) is 59.4 Å². The number of halogens is 1. The number of benzene rings is 2. The molecule has 0 unspecified atom stereocenters. The van der Waals surface area contributed by atoms with Crippen LogP contribution in [0.3, 0.4) is 0 Å². The lowest BCUT2D eigenvalue weighted by molar-refractivity contribution is 0.102. The number of nitrogens with zero attached hydrogens (tertiary/aromatic N) is 1. The topological polar surface area (TPSA) is 66.5 Å². The fourth-order valence-electron chi connectivity index (χ4n) is 3.81. The number of carbonyl (C=O) groups excluding carboxylic acids is 1. The van der Waals surface area contributed by atoms with Crippen molar-refractivity contribution in [2.45, 2.75) is 38.5 Å². The maximum Gasteiger partial charge on any atom is 0.258 e. The number of hydrogen-bond acceptors (Lipinski definition) is 3. The summed E-state index contributed by atoms with van der Waals surface area (Å²) in [6.07, 6.45) is 1.84. The fourth-order valence-corrected chi connectivity index (χ4v) is 5.52. The van der Waals surface area contributed by atoms with Gasteiger partial charge in [0.05, 0.1) is 10.5 Å². The predicted octanol–water partition coefficient (Wildman–Crippen LogP) is 4.31. The monoisotopic (exact) mass is 418 g/mol. The zero-order valence-electron chi connectivity index (χ0n) is 17.0. The zero-order valence-corrected chi connectivity index (χ0v) is 17.8. The molecule has 0 bridgehead atoms. The smallest absolute Gasteiger partial charge is 0.258 e. The maximum atomic E-state index is 14.3. The molecule has 1 N–H and O–H groups in total. The lowest BCUT2D eigenvalue weighted by Crippen LogP contribution is -2.42. The van der Waals surface area contributed by atoms with Crippen LogP contribution in [0.15, 0.2) is 47.4 Å². The third-order valence-electron chi connectivity index (χ3n) is 5.28. The Morgan fingerprint density at radius 2 is 1.72 bits per heavy atom. The second-order valence-electron chi connectivity index (χ2n) is 7.91. The number of anilines is 1. The molecule has 1 amide bonds. The van der Waals surface area contributed by atoms with Gasteiger partial charge in [-0.15, -0.1) is 0 Å². The SMILES string of the molecule is CCc1ccc(NC(=O)c2cc(S(=O)(=O)N3C[C@H](C)C[C@@H](C)C3)ccc2F)cc1. The molecule has 1 saturated heterocycles. The molecule has 1 heterocycles. The number of nitrogens with one attached hydrogen (secondary N) is 1. The van der Waals surface area contributed by atoms with Crippen molar-refractivity contribution in [2.24, 2.45) is 11.8 Å². The maximum absolute atomic E-state index is 14.3. The van der Waals surface area contributed by atoms with Crippen LogP contribution in [0.5, 0.6) is 0 Å². The summed E-state index contributed by atoms with van der Waals surface area (Å²) in [6.45, 7) is 6.92. The van der Waals surface area contributed by atoms with Crippen LogP contribution in [-0.4, -0.2) is 31.7 Å². The molecule has 0 aliphatic carbocycles. The van der Waals surface area contributed by atoms with Crippen LogP contribution in [0.4, 0.5) is 10.1 Å². The van der Waals surface area contributed by atoms with Crippen LogP contribution in [0.25, 0.3) is 0 Å². The Morgan fingerprint density at radius 1 is 1.10 bits per heavy atom. The second kappa shape index (κ2) is 8.63. The molecule has 2 aromatic rings. The fraction of sp³-hybridized carbons (Fsp3) is 0.409. The number of aryl methyl sites for hydroxylation is 1. The summed E-state index contributed by atoms with van der Waals surface area (Å²) in [4.78, 5) is 12.5. The van der Waals surface area contributed by atoms with Crippen LogP contribution >= 0.6 is 0 Å². The molecule has 0 saturated carbocycles. The van der Waals surface area contributed by atoms with Crippen LogP contribution in [-0.2, 0) is 16.4 Å². The predicted molar refractivity (Wildman–Crippen MR) is 112 cm³/mol. The van der Waals surface area contributed by atoms with E-state index in [1.165, 1.54) is 10.4 Å². The third-order valence-corrected chi connectivity index (χ3v) is 7.10. The number of sulfonamides is 1. The highest BCUT2D eigenvalue weighted by molar-refractivity contribution is 7.89. The van der Waals surface area contributed by atoms with Gasteiger partial charge >= 0.3 is 0 Å². The molecule has 0 aromatic heterocycles. The van der Waals surface area contributed by atoms with Crippen LogP contribution < -0.4 is 5.32 Å². The van der Waals surface area contributed by atoms with E-state index >= 15 is 0 Å². The van der Waals surface area contributed by atoms with E-state index < -0.39 is 21.7 Å². The first kappa shape index (κ1) is 21.5. The molecule has 3 rings (SSSR count). The lowest BCUT2D eigenvalue weighted by Gasteiger charge is -2.34. The Balaban J connectivity index is 1.85. The van der Waals surface area contributed by atoms with Gasteiger partial charge in [-0.1, -0.05) is 32.9 Å². The standard InChI is InChI=1S/C22H27FN2O3S/c1-4-17-5-7-18(8-6-17)24-22(26)20-12-19(9-10-21(20)23)29(27,28)25-13-15(2)11-16(3)14-25/h5-10,12,15-16H,4,11,13-14H2,1-3H3,(H,24,26)/t15-,16-/m1/s1. The van der Waals surface area contributed by atoms with Gasteiger partial charge in [0.2, 0.25) is 10.0 Å². The minimum atomic E-state index is -3.80. The quantitative estimate of drug-likeness (QED) is 0.787. The molecule has 29 heavy (non-hydrogen) atoms. The zero-order chi connectivity index (χ0) is 21.2. The summed E-state index contributed by atoms with van der Waals surface area (Å²) in [5, 5.41) is 2.64. The van der Waals surface area contributed by atoms with Gasteiger partial charge in [0.25, 0.3) is 5.91 Å². The minimum Gasteiger partial charge on any atom is -0.322 e. The molecule has 156 valence electrons. The summed E-state index contributed by atoms with van der Waals surface area (Å²) in [5.74, 6) is -0.929. The van der Waals surface area contributed by atoms with Gasteiger partial charge in [-0.25, -0.2) is 12.8 Å². The lowest BCUT2D eigenvalue weighted by atomic mass is 9.94. The Kier molecular flexibility index (Phi) is 6.39. The highest BCUT2D eigenvalue weighted by atomic mass is 32.2. The molecule has 5 nitrogen and oxygen atoms in total. The van der Waals surface area contributed by atoms with E-state index in [0.29, 0.717) is 18.8 Å². The van der Waals surface area contributed by atoms with Gasteiger partial charge in [-0.2, -0.15) is 4.31 Å². The molecule has 7 heteroatoms. The van der Waals surface area contributed by atoms with E-state index in [1.807, 2.05) is 32.9 Å². The molecule has 0 spiro atoms. The van der Waals surface area contributed by atoms with Gasteiger partial charge in [-0.05, 0) is 60.6 Å². The normalized spacial score (nSPS) is 20.4. The van der Waals surface area contributed by atoms with Crippen molar-refractivity contribution in [3.63, 3.8) is 0 Å². The molecule has 2 aromatic carbocycles. The van der Waals surface area contributed by atoms with Crippen molar-refractivity contribution < 1.29 is 17.6 Å². The average Bonchev–Trinajstić information content (AvgIpc) is 2.68. The van der Waals surface area contributed by atoms with Gasteiger partial charge < -0.3 is 5.32 Å². The van der Waals surface area contributed by atoms with Gasteiger partial charge in [0, 0.05) is 18.8 Å². The third kappa shape index (κ3) is 4.85. The van der Waals surface area contributed by atoms with E-state index in [9.17, 15) is 17.6 Å². The highest BCUT2D eigenvalue weighted by Crippen LogP contribution is 2.27. The van der Waals surface area contributed by atoms with Gasteiger partial charge in [-0.3, -0.25) is 4.79 Å². The van der Waals surface area contributed by atoms with Crippen molar-refractivity contribution in [1.82, 2.24) is 4.31 Å². The Labute approximate surface area is 172 Å². The largest absolute Gasteiger partial charge is 0.322 e. The first-order chi connectivity index (χ1) is 13.7. The van der Waals surface area contributed by atoms with E-state index in [4.69, 9.17) is 0 Å². The number of piperidine rings is 1. The summed E-state index contributed by atoms with van der Waals surface area (Å²) >= 11 is 0. The van der Waals surface area contributed by atoms with Crippen LogP contribution in [0, 0.1) is 17.7 Å². The molecule has 1 aliphatic rings. The average molecular weight is 419 g/mol. The minimum absolute atomic E-state index is 0.0633. The van der Waals surface area contributed by atoms with Crippen LogP contribution in [0.1, 0.15) is 43.1 Å². The number of rotatable bonds is 5. The van der Waals surface area contributed by atoms with E-state index in [-0.39, 0.29) is 22.3 Å². The first-order valence-electron chi connectivity index (χ1n) is 9.90. The summed E-state index contributed by atoms with van der Waals surface area (Å²) < 4.78 is 41.9. The summed E-state index contributed by atoms with van der Waals surface area (Å²) in [7, 11) is -3.80. The first-order valence-corrected chi connectivity index (χ1v) is 11.3. The number of carbonyl (C=O) groups is 1. The molecule has 0 radical (unpaired) electrons. The second-order valence-corrected chi connectivity index (χ2v) is 9.85. The van der Waals surface area contributed by atoms with Crippen molar-refractivity contribution >= 4 is 21.6 Å². The molecule has 1 fully saturated rings. The molecule has 2 atom stereocenters. The number of hydrogen-bond donors (Lipinski definition) is 1. The number of amides is 1. The van der Waals surface area contributed by atoms with Gasteiger partial charge in [0.15, 0.2) is 0 Å². The van der Waals surface area contributed by atoms with Crippen molar-refractivity contribution in [1.29, 1.82) is 0 Å².